The third kappa shape index (κ3) is 4.81. The van der Waals surface area contributed by atoms with E-state index in [0.717, 1.165) is 27.5 Å². The molecule has 4 aromatic rings. The standard InChI is InChI=1S/C26H24N2O3S/c1-18-7-13-24(14-8-18)32(30,31)28-25-16-23(11-9-19(25)2)26(29)27-17-20-10-12-21-5-3-4-6-22(21)15-20/h3-16,28H,17H2,1-2H3,(H,27,29). The maximum atomic E-state index is 12.8. The summed E-state index contributed by atoms with van der Waals surface area (Å²) in [7, 11) is -3.75. The number of hydrogen-bond donors (Lipinski definition) is 2. The van der Waals surface area contributed by atoms with Crippen LogP contribution in [0.1, 0.15) is 27.0 Å². The highest BCUT2D eigenvalue weighted by molar-refractivity contribution is 7.92. The maximum Gasteiger partial charge on any atom is 0.261 e. The van der Waals surface area contributed by atoms with Crippen molar-refractivity contribution in [2.45, 2.75) is 25.3 Å². The second-order valence-corrected chi connectivity index (χ2v) is 9.49. The fourth-order valence-corrected chi connectivity index (χ4v) is 4.55. The second kappa shape index (κ2) is 8.85. The molecule has 4 aromatic carbocycles. The van der Waals surface area contributed by atoms with Crippen LogP contribution in [0.5, 0.6) is 0 Å². The van der Waals surface area contributed by atoms with Crippen LogP contribution >= 0.6 is 0 Å². The number of benzene rings is 4. The van der Waals surface area contributed by atoms with Gasteiger partial charge in [0.1, 0.15) is 0 Å². The molecule has 0 saturated heterocycles. The first kappa shape index (κ1) is 21.6. The third-order valence-electron chi connectivity index (χ3n) is 5.34. The zero-order chi connectivity index (χ0) is 22.7. The van der Waals surface area contributed by atoms with E-state index in [2.05, 4.69) is 10.0 Å². The summed E-state index contributed by atoms with van der Waals surface area (Å²) >= 11 is 0. The van der Waals surface area contributed by atoms with Gasteiger partial charge in [-0.25, -0.2) is 8.42 Å². The number of aryl methyl sites for hydroxylation is 2. The van der Waals surface area contributed by atoms with Gasteiger partial charge in [0.2, 0.25) is 0 Å². The summed E-state index contributed by atoms with van der Waals surface area (Å²) < 4.78 is 28.1. The first-order valence-electron chi connectivity index (χ1n) is 10.3. The van der Waals surface area contributed by atoms with Crippen LogP contribution in [0.25, 0.3) is 10.8 Å². The van der Waals surface area contributed by atoms with Crippen molar-refractivity contribution >= 4 is 32.4 Å². The summed E-state index contributed by atoms with van der Waals surface area (Å²) in [6, 6.07) is 25.7. The van der Waals surface area contributed by atoms with Crippen molar-refractivity contribution in [3.8, 4) is 0 Å². The lowest BCUT2D eigenvalue weighted by Crippen LogP contribution is -2.23. The minimum atomic E-state index is -3.75. The number of amides is 1. The van der Waals surface area contributed by atoms with Crippen LogP contribution < -0.4 is 10.0 Å². The SMILES string of the molecule is Cc1ccc(S(=O)(=O)Nc2cc(C(=O)NCc3ccc4ccccc4c3)ccc2C)cc1. The van der Waals surface area contributed by atoms with Gasteiger partial charge in [-0.1, -0.05) is 60.2 Å². The van der Waals surface area contributed by atoms with E-state index in [-0.39, 0.29) is 10.8 Å². The van der Waals surface area contributed by atoms with Crippen molar-refractivity contribution in [3.05, 3.63) is 107 Å². The van der Waals surface area contributed by atoms with E-state index in [0.29, 0.717) is 17.8 Å². The Labute approximate surface area is 188 Å². The molecule has 0 fully saturated rings. The van der Waals surface area contributed by atoms with E-state index in [1.165, 1.54) is 0 Å². The number of carbonyl (C=O) groups excluding carboxylic acids is 1. The Hall–Kier alpha value is -3.64. The Morgan fingerprint density at radius 3 is 2.28 bits per heavy atom. The van der Waals surface area contributed by atoms with Gasteiger partial charge in [-0.2, -0.15) is 0 Å². The summed E-state index contributed by atoms with van der Waals surface area (Å²) in [6.07, 6.45) is 0. The number of nitrogens with one attached hydrogen (secondary N) is 2. The predicted octanol–water partition coefficient (Wildman–Crippen LogP) is 5.19. The minimum absolute atomic E-state index is 0.175. The molecule has 5 nitrogen and oxygen atoms in total. The van der Waals surface area contributed by atoms with E-state index in [1.54, 1.807) is 49.4 Å². The van der Waals surface area contributed by atoms with Crippen LogP contribution in [0, 0.1) is 13.8 Å². The van der Waals surface area contributed by atoms with Gasteiger partial charge in [0.25, 0.3) is 15.9 Å². The lowest BCUT2D eigenvalue weighted by atomic mass is 10.1. The Morgan fingerprint density at radius 1 is 0.812 bits per heavy atom. The first-order valence-corrected chi connectivity index (χ1v) is 11.8. The molecule has 0 atom stereocenters. The topological polar surface area (TPSA) is 75.3 Å². The number of rotatable bonds is 6. The lowest BCUT2D eigenvalue weighted by Gasteiger charge is -2.13. The summed E-state index contributed by atoms with van der Waals surface area (Å²) in [4.78, 5) is 12.9. The van der Waals surface area contributed by atoms with Crippen molar-refractivity contribution in [1.82, 2.24) is 5.32 Å². The fourth-order valence-electron chi connectivity index (χ4n) is 3.43. The van der Waals surface area contributed by atoms with Crippen molar-refractivity contribution in [3.63, 3.8) is 0 Å². The van der Waals surface area contributed by atoms with E-state index in [9.17, 15) is 13.2 Å². The lowest BCUT2D eigenvalue weighted by molar-refractivity contribution is 0.0951. The molecule has 0 spiro atoms. The summed E-state index contributed by atoms with van der Waals surface area (Å²) in [5.41, 5.74) is 3.46. The van der Waals surface area contributed by atoms with Gasteiger partial charge in [0.05, 0.1) is 10.6 Å². The minimum Gasteiger partial charge on any atom is -0.348 e. The van der Waals surface area contributed by atoms with Crippen LogP contribution in [-0.2, 0) is 16.6 Å². The molecular weight excluding hydrogens is 420 g/mol. The Balaban J connectivity index is 1.49. The molecule has 0 heterocycles. The highest BCUT2D eigenvalue weighted by Gasteiger charge is 2.16. The fraction of sp³-hybridized carbons (Fsp3) is 0.115. The van der Waals surface area contributed by atoms with Gasteiger partial charge in [0.15, 0.2) is 0 Å². The quantitative estimate of drug-likeness (QED) is 0.430. The molecule has 162 valence electrons. The van der Waals surface area contributed by atoms with E-state index < -0.39 is 10.0 Å². The maximum absolute atomic E-state index is 12.8. The van der Waals surface area contributed by atoms with E-state index >= 15 is 0 Å². The predicted molar refractivity (Wildman–Crippen MR) is 128 cm³/mol. The Kier molecular flexibility index (Phi) is 5.97. The van der Waals surface area contributed by atoms with Gasteiger partial charge >= 0.3 is 0 Å². The number of anilines is 1. The van der Waals surface area contributed by atoms with Gasteiger partial charge in [-0.05, 0) is 66.1 Å². The monoisotopic (exact) mass is 444 g/mol. The molecule has 0 aromatic heterocycles. The molecule has 4 rings (SSSR count). The largest absolute Gasteiger partial charge is 0.348 e. The van der Waals surface area contributed by atoms with Crippen molar-refractivity contribution < 1.29 is 13.2 Å². The summed E-state index contributed by atoms with van der Waals surface area (Å²) in [6.45, 7) is 4.07. The highest BCUT2D eigenvalue weighted by atomic mass is 32.2. The molecule has 0 unspecified atom stereocenters. The van der Waals surface area contributed by atoms with E-state index in [1.807, 2.05) is 49.4 Å². The zero-order valence-corrected chi connectivity index (χ0v) is 18.7. The third-order valence-corrected chi connectivity index (χ3v) is 6.72. The van der Waals surface area contributed by atoms with E-state index in [4.69, 9.17) is 0 Å². The van der Waals surface area contributed by atoms with Gasteiger partial charge in [-0.15, -0.1) is 0 Å². The molecule has 1 amide bonds. The molecule has 0 aliphatic rings. The second-order valence-electron chi connectivity index (χ2n) is 7.81. The molecule has 0 radical (unpaired) electrons. The van der Waals surface area contributed by atoms with Crippen molar-refractivity contribution in [2.75, 3.05) is 4.72 Å². The van der Waals surface area contributed by atoms with Gasteiger partial charge in [0, 0.05) is 12.1 Å². The van der Waals surface area contributed by atoms with Crippen LogP contribution in [0.2, 0.25) is 0 Å². The van der Waals surface area contributed by atoms with Crippen LogP contribution in [-0.4, -0.2) is 14.3 Å². The molecule has 0 aliphatic heterocycles. The normalized spacial score (nSPS) is 11.3. The van der Waals surface area contributed by atoms with Crippen molar-refractivity contribution in [2.24, 2.45) is 0 Å². The number of sulfonamides is 1. The molecular formula is C26H24N2O3S. The summed E-state index contributed by atoms with van der Waals surface area (Å²) in [5, 5.41) is 5.17. The smallest absolute Gasteiger partial charge is 0.261 e. The van der Waals surface area contributed by atoms with Crippen molar-refractivity contribution in [1.29, 1.82) is 0 Å². The molecule has 32 heavy (non-hydrogen) atoms. The Morgan fingerprint density at radius 2 is 1.53 bits per heavy atom. The molecule has 0 bridgehead atoms. The van der Waals surface area contributed by atoms with Gasteiger partial charge in [-0.3, -0.25) is 9.52 Å². The van der Waals surface area contributed by atoms with Crippen LogP contribution in [0.3, 0.4) is 0 Å². The zero-order valence-electron chi connectivity index (χ0n) is 17.9. The average molecular weight is 445 g/mol. The number of fused-ring (bicyclic) bond motifs is 1. The average Bonchev–Trinajstić information content (AvgIpc) is 2.79. The first-order chi connectivity index (χ1) is 15.3. The van der Waals surface area contributed by atoms with Gasteiger partial charge < -0.3 is 5.32 Å². The summed E-state index contributed by atoms with van der Waals surface area (Å²) in [5.74, 6) is -0.269. The number of hydrogen-bond acceptors (Lipinski definition) is 3. The Bertz CT molecular complexity index is 1390. The van der Waals surface area contributed by atoms with Crippen LogP contribution in [0.4, 0.5) is 5.69 Å². The molecule has 0 saturated carbocycles. The van der Waals surface area contributed by atoms with Crippen LogP contribution in [0.15, 0.2) is 89.8 Å². The number of carbonyl (C=O) groups is 1. The molecule has 6 heteroatoms. The highest BCUT2D eigenvalue weighted by Crippen LogP contribution is 2.22. The molecule has 2 N–H and O–H groups in total. The molecule has 0 aliphatic carbocycles.